The molecule has 0 saturated carbocycles. The molecule has 186 valence electrons. The number of likely N-dealkylation sites (tertiary alicyclic amines) is 1. The summed E-state index contributed by atoms with van der Waals surface area (Å²) in [4.78, 5) is 7.17. The minimum atomic E-state index is -0.937. The van der Waals surface area contributed by atoms with Crippen molar-refractivity contribution in [1.29, 1.82) is 0 Å². The number of piperidine rings is 1. The number of nitrogens with zero attached hydrogens (tertiary/aromatic N) is 5. The zero-order chi connectivity index (χ0) is 25.6. The number of H-pyrrole nitrogens is 1. The summed E-state index contributed by atoms with van der Waals surface area (Å²) in [6.07, 6.45) is 3.91. The molecule has 9 heteroatoms. The predicted molar refractivity (Wildman–Crippen MR) is 141 cm³/mol. The van der Waals surface area contributed by atoms with Gasteiger partial charge >= 0.3 is 0 Å². The van der Waals surface area contributed by atoms with Crippen molar-refractivity contribution in [3.05, 3.63) is 76.6 Å². The number of rotatable bonds is 5. The summed E-state index contributed by atoms with van der Waals surface area (Å²) in [6, 6.07) is 14.3. The topological polar surface area (TPSA) is 89.1 Å². The molecule has 37 heavy (non-hydrogen) atoms. The zero-order valence-corrected chi connectivity index (χ0v) is 21.4. The highest BCUT2D eigenvalue weighted by molar-refractivity contribution is 6.33. The first kappa shape index (κ1) is 23.7. The lowest BCUT2D eigenvalue weighted by Gasteiger charge is -2.32. The average molecular weight is 492 g/mol. The Bertz CT molecular complexity index is 1430. The van der Waals surface area contributed by atoms with Crippen molar-refractivity contribution >= 4 is 13.3 Å². The maximum Gasteiger partial charge on any atom is 0.274 e. The highest BCUT2D eigenvalue weighted by Gasteiger charge is 2.41. The lowest BCUT2D eigenvalue weighted by molar-refractivity contribution is -0.0676. The summed E-state index contributed by atoms with van der Waals surface area (Å²) in [5.41, 5.74) is 6.93. The van der Waals surface area contributed by atoms with Gasteiger partial charge in [-0.05, 0) is 68.6 Å². The normalized spacial score (nSPS) is 19.9. The fourth-order valence-corrected chi connectivity index (χ4v) is 5.46. The summed E-state index contributed by atoms with van der Waals surface area (Å²) in [5.74, 6) is 1.66. The standard InChI is InChI=1S/C28H29BN6O2/c1-17-7-8-22(23(29)13-17)28(3)36-25-6-4-5-21(26(25)37-28)19-9-11-35(12-10-19)16-24-18(2)14-20(15-30-24)27-31-33-34-32-27/h4-8,13-15,19H,9-12,16H2,1-3H3,(H,31,32,33,34). The number of pyridine rings is 1. The molecule has 2 aliphatic rings. The molecule has 2 radical (unpaired) electrons. The van der Waals surface area contributed by atoms with E-state index >= 15 is 0 Å². The Kier molecular flexibility index (Phi) is 5.95. The van der Waals surface area contributed by atoms with Gasteiger partial charge in [-0.3, -0.25) is 9.88 Å². The highest BCUT2D eigenvalue weighted by atomic mass is 16.7. The number of aryl methyl sites for hydroxylation is 2. The van der Waals surface area contributed by atoms with Crippen LogP contribution in [0.25, 0.3) is 11.4 Å². The molecule has 1 saturated heterocycles. The van der Waals surface area contributed by atoms with Gasteiger partial charge in [-0.2, -0.15) is 5.21 Å². The number of hydrogen-bond donors (Lipinski definition) is 1. The molecule has 4 aromatic rings. The lowest BCUT2D eigenvalue weighted by Crippen LogP contribution is -2.37. The summed E-state index contributed by atoms with van der Waals surface area (Å²) >= 11 is 0. The largest absolute Gasteiger partial charge is 0.445 e. The number of benzene rings is 2. The van der Waals surface area contributed by atoms with Crippen molar-refractivity contribution in [2.75, 3.05) is 13.1 Å². The van der Waals surface area contributed by atoms with Crippen molar-refractivity contribution in [2.24, 2.45) is 0 Å². The molecule has 1 unspecified atom stereocenters. The van der Waals surface area contributed by atoms with E-state index in [2.05, 4.69) is 50.6 Å². The van der Waals surface area contributed by atoms with E-state index in [-0.39, 0.29) is 0 Å². The average Bonchev–Trinajstić information content (AvgIpc) is 3.53. The van der Waals surface area contributed by atoms with Gasteiger partial charge in [0.05, 0.1) is 5.69 Å². The van der Waals surface area contributed by atoms with Gasteiger partial charge in [-0.1, -0.05) is 41.4 Å². The second kappa shape index (κ2) is 9.30. The number of tetrazole rings is 1. The van der Waals surface area contributed by atoms with Gasteiger partial charge in [0.25, 0.3) is 5.79 Å². The van der Waals surface area contributed by atoms with Crippen molar-refractivity contribution in [1.82, 2.24) is 30.5 Å². The van der Waals surface area contributed by atoms with E-state index < -0.39 is 5.79 Å². The number of ether oxygens (including phenoxy) is 2. The Labute approximate surface area is 217 Å². The Balaban J connectivity index is 1.14. The van der Waals surface area contributed by atoms with Crippen LogP contribution >= 0.6 is 0 Å². The third-order valence-electron chi connectivity index (χ3n) is 7.50. The fraction of sp³-hybridized carbons (Fsp3) is 0.357. The molecule has 0 amide bonds. The first-order valence-electron chi connectivity index (χ1n) is 12.7. The first-order valence-corrected chi connectivity index (χ1v) is 12.7. The van der Waals surface area contributed by atoms with Crippen molar-refractivity contribution in [3.63, 3.8) is 0 Å². The van der Waals surface area contributed by atoms with Crippen LogP contribution in [0.4, 0.5) is 0 Å². The molecule has 1 fully saturated rings. The van der Waals surface area contributed by atoms with Gasteiger partial charge in [0.2, 0.25) is 5.82 Å². The predicted octanol–water partition coefficient (Wildman–Crippen LogP) is 3.70. The smallest absolute Gasteiger partial charge is 0.274 e. The van der Waals surface area contributed by atoms with Crippen molar-refractivity contribution in [2.45, 2.75) is 51.9 Å². The summed E-state index contributed by atoms with van der Waals surface area (Å²) < 4.78 is 12.9. The third-order valence-corrected chi connectivity index (χ3v) is 7.50. The number of para-hydroxylation sites is 1. The van der Waals surface area contributed by atoms with Crippen LogP contribution in [0.5, 0.6) is 11.5 Å². The van der Waals surface area contributed by atoms with Gasteiger partial charge in [-0.15, -0.1) is 10.2 Å². The molecule has 0 spiro atoms. The van der Waals surface area contributed by atoms with Gasteiger partial charge in [0.1, 0.15) is 7.85 Å². The second-order valence-corrected chi connectivity index (χ2v) is 10.2. The van der Waals surface area contributed by atoms with Crippen LogP contribution in [0.2, 0.25) is 0 Å². The van der Waals surface area contributed by atoms with Crippen molar-refractivity contribution < 1.29 is 9.47 Å². The van der Waals surface area contributed by atoms with Crippen LogP contribution in [0, 0.1) is 13.8 Å². The fourth-order valence-electron chi connectivity index (χ4n) is 5.46. The van der Waals surface area contributed by atoms with Crippen LogP contribution in [-0.4, -0.2) is 51.4 Å². The first-order chi connectivity index (χ1) is 17.9. The minimum absolute atomic E-state index is 0.405. The van der Waals surface area contributed by atoms with Gasteiger partial charge < -0.3 is 9.47 Å². The van der Waals surface area contributed by atoms with Crippen LogP contribution in [-0.2, 0) is 12.3 Å². The van der Waals surface area contributed by atoms with E-state index in [9.17, 15) is 0 Å². The van der Waals surface area contributed by atoms with E-state index in [1.54, 1.807) is 0 Å². The SMILES string of the molecule is [B]c1cc(C)ccc1C1(C)Oc2cccc(C3CCN(Cc4ncc(-c5nn[nH]n5)cc4C)CC3)c2O1. The molecule has 1 atom stereocenters. The molecule has 6 rings (SSSR count). The minimum Gasteiger partial charge on any atom is -0.445 e. The molecule has 0 aliphatic carbocycles. The highest BCUT2D eigenvalue weighted by Crippen LogP contribution is 2.49. The maximum atomic E-state index is 6.52. The van der Waals surface area contributed by atoms with E-state index in [0.29, 0.717) is 17.2 Å². The summed E-state index contributed by atoms with van der Waals surface area (Å²) in [7, 11) is 6.34. The number of hydrogen-bond acceptors (Lipinski definition) is 7. The molecule has 2 aromatic heterocycles. The van der Waals surface area contributed by atoms with Gasteiger partial charge in [-0.25, -0.2) is 0 Å². The van der Waals surface area contributed by atoms with E-state index in [1.165, 1.54) is 5.56 Å². The molecule has 2 aliphatic heterocycles. The van der Waals surface area contributed by atoms with E-state index in [1.807, 2.05) is 44.3 Å². The Hall–Kier alpha value is -3.72. The number of aromatic nitrogens is 5. The Morgan fingerprint density at radius 1 is 1.11 bits per heavy atom. The Morgan fingerprint density at radius 3 is 2.68 bits per heavy atom. The van der Waals surface area contributed by atoms with Crippen LogP contribution in [0.1, 0.15) is 53.6 Å². The lowest BCUT2D eigenvalue weighted by atomic mass is 9.85. The molecule has 8 nitrogen and oxygen atoms in total. The van der Waals surface area contributed by atoms with E-state index in [0.717, 1.165) is 71.9 Å². The molecule has 0 bridgehead atoms. The molecule has 4 heterocycles. The monoisotopic (exact) mass is 492 g/mol. The van der Waals surface area contributed by atoms with Crippen LogP contribution in [0.3, 0.4) is 0 Å². The van der Waals surface area contributed by atoms with Gasteiger partial charge in [0.15, 0.2) is 11.5 Å². The van der Waals surface area contributed by atoms with Crippen molar-refractivity contribution in [3.8, 4) is 22.9 Å². The Morgan fingerprint density at radius 2 is 1.95 bits per heavy atom. The summed E-state index contributed by atoms with van der Waals surface area (Å²) in [5, 5.41) is 14.2. The van der Waals surface area contributed by atoms with Gasteiger partial charge in [0, 0.05) is 36.4 Å². The molecular formula is C28H29BN6O2. The summed E-state index contributed by atoms with van der Waals surface area (Å²) in [6.45, 7) is 8.86. The van der Waals surface area contributed by atoms with E-state index in [4.69, 9.17) is 22.3 Å². The molecule has 1 N–H and O–H groups in total. The third kappa shape index (κ3) is 4.48. The molecular weight excluding hydrogens is 463 g/mol. The zero-order valence-electron chi connectivity index (χ0n) is 21.4. The number of nitrogens with one attached hydrogen (secondary N) is 1. The molecule has 2 aromatic carbocycles. The van der Waals surface area contributed by atoms with Crippen LogP contribution < -0.4 is 14.9 Å². The van der Waals surface area contributed by atoms with Crippen LogP contribution in [0.15, 0.2) is 48.7 Å². The number of fused-ring (bicyclic) bond motifs is 1. The number of aromatic amines is 1. The second-order valence-electron chi connectivity index (χ2n) is 10.2. The quantitative estimate of drug-likeness (QED) is 0.425. The maximum absolute atomic E-state index is 6.52.